The van der Waals surface area contributed by atoms with Crippen LogP contribution < -0.4 is 10.6 Å². The molecule has 0 spiro atoms. The van der Waals surface area contributed by atoms with Crippen molar-refractivity contribution < 1.29 is 14.4 Å². The fourth-order valence-corrected chi connectivity index (χ4v) is 1.81. The molecule has 6 heteroatoms. The molecular weight excluding hydrogens is 270 g/mol. The molecule has 0 radical (unpaired) electrons. The number of rotatable bonds is 6. The standard InChI is InChI=1S/C15H21N3O3/c1-4-18(5-2)14(20)10-16-15(21)17-13-8-6-12(7-9-13)11(3)19/h6-9H,4-5,10H2,1-3H3,(H2,16,17,21). The van der Waals surface area contributed by atoms with Gasteiger partial charge in [-0.1, -0.05) is 0 Å². The summed E-state index contributed by atoms with van der Waals surface area (Å²) in [6.07, 6.45) is 0. The Morgan fingerprint density at radius 2 is 1.62 bits per heavy atom. The van der Waals surface area contributed by atoms with Crippen LogP contribution in [0.4, 0.5) is 10.5 Å². The van der Waals surface area contributed by atoms with Gasteiger partial charge in [-0.3, -0.25) is 9.59 Å². The molecule has 0 aliphatic carbocycles. The number of amides is 3. The summed E-state index contributed by atoms with van der Waals surface area (Å²) in [5, 5.41) is 5.12. The monoisotopic (exact) mass is 291 g/mol. The molecule has 6 nitrogen and oxygen atoms in total. The Hall–Kier alpha value is -2.37. The Kier molecular flexibility index (Phi) is 6.39. The molecule has 0 fully saturated rings. The topological polar surface area (TPSA) is 78.5 Å². The summed E-state index contributed by atoms with van der Waals surface area (Å²) in [6.45, 7) is 6.44. The van der Waals surface area contributed by atoms with E-state index in [1.807, 2.05) is 13.8 Å². The minimum Gasteiger partial charge on any atom is -0.342 e. The van der Waals surface area contributed by atoms with Crippen LogP contribution in [0.15, 0.2) is 24.3 Å². The zero-order chi connectivity index (χ0) is 15.8. The summed E-state index contributed by atoms with van der Waals surface area (Å²) in [5.74, 6) is -0.155. The van der Waals surface area contributed by atoms with E-state index in [1.54, 1.807) is 29.2 Å². The molecule has 21 heavy (non-hydrogen) atoms. The predicted octanol–water partition coefficient (Wildman–Crippen LogP) is 1.88. The van der Waals surface area contributed by atoms with E-state index in [-0.39, 0.29) is 18.2 Å². The van der Waals surface area contributed by atoms with Crippen LogP contribution in [-0.2, 0) is 4.79 Å². The van der Waals surface area contributed by atoms with Gasteiger partial charge in [0, 0.05) is 24.3 Å². The van der Waals surface area contributed by atoms with Gasteiger partial charge in [0.1, 0.15) is 0 Å². The summed E-state index contributed by atoms with van der Waals surface area (Å²) in [5.41, 5.74) is 1.14. The van der Waals surface area contributed by atoms with E-state index in [2.05, 4.69) is 10.6 Å². The normalized spacial score (nSPS) is 9.86. The maximum absolute atomic E-state index is 11.7. The van der Waals surface area contributed by atoms with E-state index in [1.165, 1.54) is 6.92 Å². The third kappa shape index (κ3) is 5.25. The van der Waals surface area contributed by atoms with Gasteiger partial charge in [-0.2, -0.15) is 0 Å². The van der Waals surface area contributed by atoms with Crippen molar-refractivity contribution in [3.63, 3.8) is 0 Å². The van der Waals surface area contributed by atoms with Crippen LogP contribution in [0.3, 0.4) is 0 Å². The third-order valence-electron chi connectivity index (χ3n) is 3.07. The number of Topliss-reactive ketones (excluding diaryl/α,β-unsaturated/α-hetero) is 1. The van der Waals surface area contributed by atoms with Gasteiger partial charge >= 0.3 is 6.03 Å². The molecule has 1 aromatic rings. The summed E-state index contributed by atoms with van der Waals surface area (Å²) in [7, 11) is 0. The number of anilines is 1. The number of urea groups is 1. The molecular formula is C15H21N3O3. The van der Waals surface area contributed by atoms with Gasteiger partial charge in [0.15, 0.2) is 5.78 Å². The Morgan fingerprint density at radius 1 is 1.05 bits per heavy atom. The highest BCUT2D eigenvalue weighted by Crippen LogP contribution is 2.09. The number of hydrogen-bond donors (Lipinski definition) is 2. The largest absolute Gasteiger partial charge is 0.342 e. The van der Waals surface area contributed by atoms with Gasteiger partial charge in [0.25, 0.3) is 0 Å². The molecule has 0 bridgehead atoms. The molecule has 0 saturated carbocycles. The van der Waals surface area contributed by atoms with Crippen molar-refractivity contribution >= 4 is 23.4 Å². The lowest BCUT2D eigenvalue weighted by Crippen LogP contribution is -2.41. The number of nitrogens with zero attached hydrogens (tertiary/aromatic N) is 1. The number of ketones is 1. The highest BCUT2D eigenvalue weighted by atomic mass is 16.2. The van der Waals surface area contributed by atoms with Gasteiger partial charge in [-0.15, -0.1) is 0 Å². The molecule has 0 aliphatic rings. The fourth-order valence-electron chi connectivity index (χ4n) is 1.81. The average molecular weight is 291 g/mol. The maximum atomic E-state index is 11.7. The number of hydrogen-bond acceptors (Lipinski definition) is 3. The lowest BCUT2D eigenvalue weighted by molar-refractivity contribution is -0.129. The maximum Gasteiger partial charge on any atom is 0.319 e. The first-order valence-corrected chi connectivity index (χ1v) is 6.91. The second kappa shape index (κ2) is 8.04. The van der Waals surface area contributed by atoms with E-state index in [9.17, 15) is 14.4 Å². The van der Waals surface area contributed by atoms with Crippen molar-refractivity contribution in [2.24, 2.45) is 0 Å². The van der Waals surface area contributed by atoms with E-state index in [0.29, 0.717) is 24.3 Å². The second-order valence-electron chi connectivity index (χ2n) is 4.51. The van der Waals surface area contributed by atoms with Gasteiger partial charge in [0.05, 0.1) is 6.54 Å². The fraction of sp³-hybridized carbons (Fsp3) is 0.400. The quantitative estimate of drug-likeness (QED) is 0.785. The van der Waals surface area contributed by atoms with E-state index < -0.39 is 6.03 Å². The van der Waals surface area contributed by atoms with Crippen molar-refractivity contribution in [2.75, 3.05) is 25.0 Å². The minimum absolute atomic E-state index is 0.0316. The lowest BCUT2D eigenvalue weighted by Gasteiger charge is -2.18. The molecule has 0 saturated heterocycles. The Bertz CT molecular complexity index is 507. The van der Waals surface area contributed by atoms with Gasteiger partial charge in [0.2, 0.25) is 5.91 Å². The summed E-state index contributed by atoms with van der Waals surface area (Å²) < 4.78 is 0. The zero-order valence-electron chi connectivity index (χ0n) is 12.6. The Balaban J connectivity index is 2.47. The van der Waals surface area contributed by atoms with Crippen LogP contribution in [-0.4, -0.2) is 42.3 Å². The third-order valence-corrected chi connectivity index (χ3v) is 3.07. The van der Waals surface area contributed by atoms with E-state index in [0.717, 1.165) is 0 Å². The van der Waals surface area contributed by atoms with Crippen LogP contribution in [0.5, 0.6) is 0 Å². The molecule has 0 unspecified atom stereocenters. The Labute approximate surface area is 124 Å². The van der Waals surface area contributed by atoms with Gasteiger partial charge in [-0.05, 0) is 45.0 Å². The number of benzene rings is 1. The molecule has 0 aliphatic heterocycles. The van der Waals surface area contributed by atoms with Crippen molar-refractivity contribution in [2.45, 2.75) is 20.8 Å². The number of likely N-dealkylation sites (N-methyl/N-ethyl adjacent to an activating group) is 1. The van der Waals surface area contributed by atoms with Crippen molar-refractivity contribution in [1.82, 2.24) is 10.2 Å². The van der Waals surface area contributed by atoms with Crippen LogP contribution in [0.25, 0.3) is 0 Å². The second-order valence-corrected chi connectivity index (χ2v) is 4.51. The molecule has 1 rings (SSSR count). The molecule has 1 aromatic carbocycles. The molecule has 114 valence electrons. The number of carbonyl (C=O) groups is 3. The molecule has 0 heterocycles. The van der Waals surface area contributed by atoms with Crippen LogP contribution in [0, 0.1) is 0 Å². The molecule has 3 amide bonds. The Morgan fingerprint density at radius 3 is 2.10 bits per heavy atom. The van der Waals surface area contributed by atoms with Crippen LogP contribution >= 0.6 is 0 Å². The molecule has 0 atom stereocenters. The number of nitrogens with one attached hydrogen (secondary N) is 2. The molecule has 0 aromatic heterocycles. The minimum atomic E-state index is -0.453. The summed E-state index contributed by atoms with van der Waals surface area (Å²) in [6, 6.07) is 6.11. The van der Waals surface area contributed by atoms with Crippen molar-refractivity contribution in [1.29, 1.82) is 0 Å². The highest BCUT2D eigenvalue weighted by Gasteiger charge is 2.11. The van der Waals surface area contributed by atoms with Gasteiger partial charge < -0.3 is 15.5 Å². The van der Waals surface area contributed by atoms with Crippen molar-refractivity contribution in [3.05, 3.63) is 29.8 Å². The van der Waals surface area contributed by atoms with Crippen LogP contribution in [0.1, 0.15) is 31.1 Å². The number of carbonyl (C=O) groups excluding carboxylic acids is 3. The van der Waals surface area contributed by atoms with E-state index in [4.69, 9.17) is 0 Å². The smallest absolute Gasteiger partial charge is 0.319 e. The van der Waals surface area contributed by atoms with Crippen molar-refractivity contribution in [3.8, 4) is 0 Å². The first kappa shape index (κ1) is 16.7. The zero-order valence-corrected chi connectivity index (χ0v) is 12.6. The first-order chi connectivity index (χ1) is 9.97. The predicted molar refractivity (Wildman–Crippen MR) is 81.4 cm³/mol. The first-order valence-electron chi connectivity index (χ1n) is 6.91. The van der Waals surface area contributed by atoms with Gasteiger partial charge in [-0.25, -0.2) is 4.79 Å². The summed E-state index contributed by atoms with van der Waals surface area (Å²) >= 11 is 0. The summed E-state index contributed by atoms with van der Waals surface area (Å²) in [4.78, 5) is 36.2. The average Bonchev–Trinajstić information content (AvgIpc) is 2.47. The van der Waals surface area contributed by atoms with Crippen LogP contribution in [0.2, 0.25) is 0 Å². The SMILES string of the molecule is CCN(CC)C(=O)CNC(=O)Nc1ccc(C(C)=O)cc1. The highest BCUT2D eigenvalue weighted by molar-refractivity contribution is 5.95. The molecule has 2 N–H and O–H groups in total. The van der Waals surface area contributed by atoms with E-state index >= 15 is 0 Å². The lowest BCUT2D eigenvalue weighted by atomic mass is 10.1.